The molecule has 3 heterocycles. The van der Waals surface area contributed by atoms with E-state index in [9.17, 15) is 4.79 Å². The molecule has 124 valence electrons. The van der Waals surface area contributed by atoms with Gasteiger partial charge in [0.1, 0.15) is 11.5 Å². The highest BCUT2D eigenvalue weighted by Gasteiger charge is 2.22. The molecule has 1 N–H and O–H groups in total. The van der Waals surface area contributed by atoms with Crippen LogP contribution in [-0.2, 0) is 24.8 Å². The van der Waals surface area contributed by atoms with E-state index in [0.717, 1.165) is 37.4 Å². The number of H-pyrrole nitrogens is 1. The van der Waals surface area contributed by atoms with Gasteiger partial charge in [-0.25, -0.2) is 9.78 Å². The average molecular weight is 316 g/mol. The Morgan fingerprint density at radius 2 is 2.39 bits per heavy atom. The number of ether oxygens (including phenoxy) is 1. The number of nitrogens with zero attached hydrogens (tertiary/aromatic N) is 3. The quantitative estimate of drug-likeness (QED) is 0.857. The molecule has 0 aliphatic carbocycles. The van der Waals surface area contributed by atoms with Crippen molar-refractivity contribution in [3.8, 4) is 0 Å². The van der Waals surface area contributed by atoms with Crippen LogP contribution in [0.3, 0.4) is 0 Å². The first-order valence-electron chi connectivity index (χ1n) is 8.10. The van der Waals surface area contributed by atoms with E-state index in [1.54, 1.807) is 0 Å². The molecule has 0 radical (unpaired) electrons. The minimum atomic E-state index is -0.317. The van der Waals surface area contributed by atoms with Crippen molar-refractivity contribution in [1.82, 2.24) is 19.4 Å². The Hall–Kier alpha value is -2.08. The third kappa shape index (κ3) is 3.82. The van der Waals surface area contributed by atoms with Gasteiger partial charge in [-0.1, -0.05) is 0 Å². The maximum Gasteiger partial charge on any atom is 0.354 e. The highest BCUT2D eigenvalue weighted by Crippen LogP contribution is 2.22. The third-order valence-corrected chi connectivity index (χ3v) is 4.55. The lowest BCUT2D eigenvalue weighted by Gasteiger charge is -2.32. The van der Waals surface area contributed by atoms with Gasteiger partial charge in [0.15, 0.2) is 0 Å². The number of likely N-dealkylation sites (tertiary alicyclic amines) is 1. The number of methoxy groups -OCH3 is 1. The monoisotopic (exact) mass is 316 g/mol. The number of hydrogen-bond donors (Lipinski definition) is 1. The summed E-state index contributed by atoms with van der Waals surface area (Å²) in [4.78, 5) is 21.4. The molecule has 3 rings (SSSR count). The van der Waals surface area contributed by atoms with Gasteiger partial charge >= 0.3 is 5.97 Å². The van der Waals surface area contributed by atoms with Crippen molar-refractivity contribution in [3.05, 3.63) is 41.7 Å². The second-order valence-electron chi connectivity index (χ2n) is 6.32. The summed E-state index contributed by atoms with van der Waals surface area (Å²) < 4.78 is 6.84. The van der Waals surface area contributed by atoms with Crippen LogP contribution in [0.15, 0.2) is 24.7 Å². The second-order valence-corrected chi connectivity index (χ2v) is 6.32. The summed E-state index contributed by atoms with van der Waals surface area (Å²) in [6.07, 6.45) is 9.26. The summed E-state index contributed by atoms with van der Waals surface area (Å²) in [6, 6.07) is 1.88. The van der Waals surface area contributed by atoms with Gasteiger partial charge in [0, 0.05) is 45.1 Å². The molecule has 0 saturated carbocycles. The first kappa shape index (κ1) is 15.8. The molecule has 2 aromatic heterocycles. The Balaban J connectivity index is 1.57. The summed E-state index contributed by atoms with van der Waals surface area (Å²) in [7, 11) is 3.45. The van der Waals surface area contributed by atoms with Crippen molar-refractivity contribution in [2.24, 2.45) is 13.0 Å². The zero-order chi connectivity index (χ0) is 16.2. The lowest BCUT2D eigenvalue weighted by molar-refractivity contribution is 0.0594. The second kappa shape index (κ2) is 7.00. The van der Waals surface area contributed by atoms with Gasteiger partial charge in [0.25, 0.3) is 0 Å². The van der Waals surface area contributed by atoms with Crippen LogP contribution in [0.2, 0.25) is 0 Å². The summed E-state index contributed by atoms with van der Waals surface area (Å²) in [6.45, 7) is 3.05. The molecule has 1 saturated heterocycles. The standard InChI is InChI=1S/C17H24N4O2/c1-20-7-5-18-16(20)9-13-4-3-6-21(11-13)12-14-8-15(19-10-14)17(22)23-2/h5,7-8,10,13,19H,3-4,6,9,11-12H2,1-2H3/t13-/m0/s1. The number of rotatable bonds is 5. The SMILES string of the molecule is COC(=O)c1cc(CN2CCC[C@@H](Cc3nccn3C)C2)c[nH]1. The molecular formula is C17H24N4O2. The lowest BCUT2D eigenvalue weighted by Crippen LogP contribution is -2.36. The molecule has 6 nitrogen and oxygen atoms in total. The van der Waals surface area contributed by atoms with Crippen LogP contribution >= 0.6 is 0 Å². The zero-order valence-electron chi connectivity index (χ0n) is 13.8. The van der Waals surface area contributed by atoms with Gasteiger partial charge in [-0.05, 0) is 36.9 Å². The summed E-state index contributed by atoms with van der Waals surface area (Å²) >= 11 is 0. The van der Waals surface area contributed by atoms with E-state index in [2.05, 4.69) is 26.5 Å². The lowest BCUT2D eigenvalue weighted by atomic mass is 9.94. The van der Waals surface area contributed by atoms with Gasteiger partial charge in [-0.3, -0.25) is 4.90 Å². The van der Waals surface area contributed by atoms with Gasteiger partial charge < -0.3 is 14.3 Å². The molecule has 1 aliphatic rings. The van der Waals surface area contributed by atoms with Crippen LogP contribution in [0, 0.1) is 5.92 Å². The summed E-state index contributed by atoms with van der Waals surface area (Å²) in [5.41, 5.74) is 1.65. The molecule has 0 bridgehead atoms. The van der Waals surface area contributed by atoms with E-state index in [1.165, 1.54) is 20.0 Å². The number of aromatic amines is 1. The van der Waals surface area contributed by atoms with E-state index in [0.29, 0.717) is 11.6 Å². The molecule has 2 aromatic rings. The molecule has 0 amide bonds. The maximum atomic E-state index is 11.5. The van der Waals surface area contributed by atoms with Crippen molar-refractivity contribution in [3.63, 3.8) is 0 Å². The van der Waals surface area contributed by atoms with Gasteiger partial charge in [0.2, 0.25) is 0 Å². The van der Waals surface area contributed by atoms with Crippen LogP contribution in [0.1, 0.15) is 34.7 Å². The Morgan fingerprint density at radius 1 is 1.52 bits per heavy atom. The molecule has 0 spiro atoms. The van der Waals surface area contributed by atoms with Crippen molar-refractivity contribution in [2.75, 3.05) is 20.2 Å². The van der Waals surface area contributed by atoms with Gasteiger partial charge in [-0.2, -0.15) is 0 Å². The molecule has 23 heavy (non-hydrogen) atoms. The molecule has 6 heteroatoms. The van der Waals surface area contributed by atoms with Gasteiger partial charge in [-0.15, -0.1) is 0 Å². The van der Waals surface area contributed by atoms with Crippen LogP contribution in [-0.4, -0.2) is 45.6 Å². The normalized spacial score (nSPS) is 19.0. The number of hydrogen-bond acceptors (Lipinski definition) is 4. The predicted molar refractivity (Wildman–Crippen MR) is 87.0 cm³/mol. The largest absolute Gasteiger partial charge is 0.464 e. The van der Waals surface area contributed by atoms with Gasteiger partial charge in [0.05, 0.1) is 7.11 Å². The minimum Gasteiger partial charge on any atom is -0.464 e. The molecule has 0 unspecified atom stereocenters. The van der Waals surface area contributed by atoms with Crippen LogP contribution in [0.4, 0.5) is 0 Å². The van der Waals surface area contributed by atoms with E-state index < -0.39 is 0 Å². The van der Waals surface area contributed by atoms with Crippen LogP contribution in [0.5, 0.6) is 0 Å². The molecule has 1 atom stereocenters. The highest BCUT2D eigenvalue weighted by atomic mass is 16.5. The Bertz CT molecular complexity index is 661. The zero-order valence-corrected chi connectivity index (χ0v) is 13.8. The topological polar surface area (TPSA) is 63.1 Å². The fraction of sp³-hybridized carbons (Fsp3) is 0.529. The molecule has 1 aliphatic heterocycles. The minimum absolute atomic E-state index is 0.317. The molecule has 0 aromatic carbocycles. The number of carbonyl (C=O) groups is 1. The van der Waals surface area contributed by atoms with Crippen molar-refractivity contribution in [2.45, 2.75) is 25.8 Å². The van der Waals surface area contributed by atoms with Crippen molar-refractivity contribution >= 4 is 5.97 Å². The average Bonchev–Trinajstić information content (AvgIpc) is 3.17. The number of aryl methyl sites for hydroxylation is 1. The highest BCUT2D eigenvalue weighted by molar-refractivity contribution is 5.87. The number of imidazole rings is 1. The number of carbonyl (C=O) groups excluding carboxylic acids is 1. The number of nitrogens with one attached hydrogen (secondary N) is 1. The van der Waals surface area contributed by atoms with Crippen molar-refractivity contribution in [1.29, 1.82) is 0 Å². The molecule has 1 fully saturated rings. The number of piperidine rings is 1. The van der Waals surface area contributed by atoms with Crippen LogP contribution < -0.4 is 0 Å². The summed E-state index contributed by atoms with van der Waals surface area (Å²) in [5.74, 6) is 1.48. The number of esters is 1. The fourth-order valence-electron chi connectivity index (χ4n) is 3.33. The Kier molecular flexibility index (Phi) is 4.81. The first-order valence-corrected chi connectivity index (χ1v) is 8.10. The first-order chi connectivity index (χ1) is 11.2. The van der Waals surface area contributed by atoms with Crippen LogP contribution in [0.25, 0.3) is 0 Å². The Labute approximate surface area is 136 Å². The summed E-state index contributed by atoms with van der Waals surface area (Å²) in [5, 5.41) is 0. The maximum absolute atomic E-state index is 11.5. The third-order valence-electron chi connectivity index (χ3n) is 4.55. The van der Waals surface area contributed by atoms with E-state index in [-0.39, 0.29) is 5.97 Å². The Morgan fingerprint density at radius 3 is 3.13 bits per heavy atom. The fourth-order valence-corrected chi connectivity index (χ4v) is 3.33. The van der Waals surface area contributed by atoms with E-state index in [1.807, 2.05) is 24.7 Å². The smallest absolute Gasteiger partial charge is 0.354 e. The van der Waals surface area contributed by atoms with E-state index >= 15 is 0 Å². The number of aromatic nitrogens is 3. The molecular weight excluding hydrogens is 292 g/mol. The van der Waals surface area contributed by atoms with Crippen molar-refractivity contribution < 1.29 is 9.53 Å². The predicted octanol–water partition coefficient (Wildman–Crippen LogP) is 1.99. The van der Waals surface area contributed by atoms with E-state index in [4.69, 9.17) is 4.74 Å².